The summed E-state index contributed by atoms with van der Waals surface area (Å²) in [5, 5.41) is 1.83. The van der Waals surface area contributed by atoms with Crippen molar-refractivity contribution in [3.63, 3.8) is 0 Å². The van der Waals surface area contributed by atoms with E-state index in [9.17, 15) is 9.59 Å². The number of nitrogens with zero attached hydrogens (tertiary/aromatic N) is 1. The Hall–Kier alpha value is -1.92. The number of benzene rings is 2. The maximum atomic E-state index is 13.0. The molecule has 0 aliphatic heterocycles. The Balaban J connectivity index is 1.68. The van der Waals surface area contributed by atoms with Gasteiger partial charge in [-0.05, 0) is 25.0 Å². The Labute approximate surface area is 163 Å². The van der Waals surface area contributed by atoms with Crippen molar-refractivity contribution < 1.29 is 9.59 Å². The Morgan fingerprint density at radius 2 is 1.69 bits per heavy atom. The third-order valence-electron chi connectivity index (χ3n) is 4.54. The molecule has 6 heteroatoms. The van der Waals surface area contributed by atoms with Crippen LogP contribution in [0.3, 0.4) is 0 Å². The molecule has 0 fully saturated rings. The van der Waals surface area contributed by atoms with Crippen LogP contribution in [0.25, 0.3) is 11.0 Å². The van der Waals surface area contributed by atoms with Crippen LogP contribution in [0.15, 0.2) is 41.6 Å². The van der Waals surface area contributed by atoms with Crippen molar-refractivity contribution in [3.05, 3.63) is 58.7 Å². The molecule has 1 aromatic heterocycles. The third-order valence-corrected chi connectivity index (χ3v) is 6.06. The summed E-state index contributed by atoms with van der Waals surface area (Å²) in [7, 11) is 0. The molecule has 4 nitrogen and oxygen atoms in total. The molecule has 0 saturated heterocycles. The Bertz CT molecular complexity index is 1010. The number of alkyl halides is 1. The number of carbonyl (C=O) groups excluding carboxylic acids is 2. The van der Waals surface area contributed by atoms with E-state index in [4.69, 9.17) is 0 Å². The lowest BCUT2D eigenvalue weighted by Crippen LogP contribution is -2.21. The minimum Gasteiger partial charge on any atom is -0.332 e. The summed E-state index contributed by atoms with van der Waals surface area (Å²) in [5.41, 5.74) is 3.25. The Kier molecular flexibility index (Phi) is 4.96. The molecule has 0 spiro atoms. The summed E-state index contributed by atoms with van der Waals surface area (Å²) < 4.78 is 0. The average molecular weight is 429 g/mol. The Morgan fingerprint density at radius 3 is 2.46 bits per heavy atom. The van der Waals surface area contributed by atoms with Crippen LogP contribution >= 0.6 is 27.7 Å². The van der Waals surface area contributed by atoms with E-state index in [2.05, 4.69) is 25.9 Å². The fourth-order valence-corrected chi connectivity index (χ4v) is 4.53. The van der Waals surface area contributed by atoms with E-state index in [0.717, 1.165) is 28.2 Å². The van der Waals surface area contributed by atoms with Gasteiger partial charge in [-0.2, -0.15) is 0 Å². The first-order chi connectivity index (χ1) is 12.7. The second-order valence-electron chi connectivity index (χ2n) is 6.23. The number of aromatic nitrogens is 2. The number of thioether (sulfide) groups is 1. The summed E-state index contributed by atoms with van der Waals surface area (Å²) in [6.45, 7) is 0. The van der Waals surface area contributed by atoms with Crippen LogP contribution in [0.5, 0.6) is 0 Å². The standard InChI is InChI=1S/C20H17BrN2O2S/c21-10-4-1-5-11-26-20-22-15-9-8-14-16(17(15)23-20)19(25)13-7-3-2-6-12(13)18(14)24/h2-3,6-9H,1,4-5,10-11H2,(H,22,23). The van der Waals surface area contributed by atoms with E-state index in [-0.39, 0.29) is 11.6 Å². The zero-order valence-electron chi connectivity index (χ0n) is 14.0. The van der Waals surface area contributed by atoms with Crippen molar-refractivity contribution >= 4 is 50.3 Å². The maximum Gasteiger partial charge on any atom is 0.196 e. The van der Waals surface area contributed by atoms with Crippen molar-refractivity contribution in [2.75, 3.05) is 11.1 Å². The highest BCUT2D eigenvalue weighted by molar-refractivity contribution is 9.09. The van der Waals surface area contributed by atoms with Gasteiger partial charge in [-0.25, -0.2) is 4.98 Å². The van der Waals surface area contributed by atoms with Crippen molar-refractivity contribution in [2.45, 2.75) is 24.4 Å². The van der Waals surface area contributed by atoms with Gasteiger partial charge in [0.1, 0.15) is 0 Å². The molecule has 1 aliphatic carbocycles. The van der Waals surface area contributed by atoms with Gasteiger partial charge in [-0.1, -0.05) is 58.4 Å². The topological polar surface area (TPSA) is 62.8 Å². The molecular weight excluding hydrogens is 412 g/mol. The molecule has 0 amide bonds. The van der Waals surface area contributed by atoms with Gasteiger partial charge < -0.3 is 4.98 Å². The first kappa shape index (κ1) is 17.5. The number of hydrogen-bond acceptors (Lipinski definition) is 4. The SMILES string of the molecule is O=C1c2ccccc2C(=O)c2c1ccc1nc(SCCCCCBr)[nH]c21. The van der Waals surface area contributed by atoms with Crippen LogP contribution in [-0.2, 0) is 0 Å². The lowest BCUT2D eigenvalue weighted by Gasteiger charge is -2.17. The largest absolute Gasteiger partial charge is 0.332 e. The number of H-pyrrole nitrogens is 1. The maximum absolute atomic E-state index is 13.0. The molecule has 26 heavy (non-hydrogen) atoms. The van der Waals surface area contributed by atoms with E-state index >= 15 is 0 Å². The highest BCUT2D eigenvalue weighted by atomic mass is 79.9. The summed E-state index contributed by atoms with van der Waals surface area (Å²) in [6.07, 6.45) is 3.47. The van der Waals surface area contributed by atoms with Crippen LogP contribution in [0.4, 0.5) is 0 Å². The van der Waals surface area contributed by atoms with Gasteiger partial charge in [0.25, 0.3) is 0 Å². The third kappa shape index (κ3) is 3.01. The zero-order valence-corrected chi connectivity index (χ0v) is 16.5. The quantitative estimate of drug-likeness (QED) is 0.266. The molecule has 0 saturated carbocycles. The van der Waals surface area contributed by atoms with Crippen LogP contribution in [0, 0.1) is 0 Å². The number of halogens is 1. The molecule has 1 N–H and O–H groups in total. The molecule has 2 aromatic carbocycles. The highest BCUT2D eigenvalue weighted by Crippen LogP contribution is 2.32. The van der Waals surface area contributed by atoms with Gasteiger partial charge in [0.15, 0.2) is 16.7 Å². The molecule has 0 radical (unpaired) electrons. The lowest BCUT2D eigenvalue weighted by atomic mass is 9.83. The van der Waals surface area contributed by atoms with Gasteiger partial charge in [-0.15, -0.1) is 0 Å². The summed E-state index contributed by atoms with van der Waals surface area (Å²) in [4.78, 5) is 33.6. The number of fused-ring (bicyclic) bond motifs is 4. The van der Waals surface area contributed by atoms with Crippen molar-refractivity contribution in [2.24, 2.45) is 0 Å². The minimum absolute atomic E-state index is 0.101. The van der Waals surface area contributed by atoms with Gasteiger partial charge >= 0.3 is 0 Å². The molecule has 1 heterocycles. The van der Waals surface area contributed by atoms with Crippen LogP contribution in [0.2, 0.25) is 0 Å². The van der Waals surface area contributed by atoms with Crippen molar-refractivity contribution in [1.29, 1.82) is 0 Å². The number of rotatable bonds is 6. The van der Waals surface area contributed by atoms with Gasteiger partial charge in [0, 0.05) is 27.8 Å². The fourth-order valence-electron chi connectivity index (χ4n) is 3.25. The monoisotopic (exact) mass is 428 g/mol. The van der Waals surface area contributed by atoms with Crippen LogP contribution < -0.4 is 0 Å². The van der Waals surface area contributed by atoms with E-state index in [1.54, 1.807) is 42.1 Å². The van der Waals surface area contributed by atoms with Crippen LogP contribution in [0.1, 0.15) is 51.1 Å². The Morgan fingerprint density at radius 1 is 0.923 bits per heavy atom. The van der Waals surface area contributed by atoms with E-state index in [1.165, 1.54) is 12.8 Å². The first-order valence-electron chi connectivity index (χ1n) is 8.60. The number of nitrogens with one attached hydrogen (secondary N) is 1. The van der Waals surface area contributed by atoms with Gasteiger partial charge in [0.05, 0.1) is 16.6 Å². The molecule has 0 unspecified atom stereocenters. The summed E-state index contributed by atoms with van der Waals surface area (Å²) in [5.74, 6) is 0.763. The normalized spacial score (nSPS) is 13.1. The molecule has 132 valence electrons. The van der Waals surface area contributed by atoms with E-state index in [1.807, 2.05) is 6.07 Å². The molecule has 4 rings (SSSR count). The van der Waals surface area contributed by atoms with Gasteiger partial charge in [-0.3, -0.25) is 9.59 Å². The van der Waals surface area contributed by atoms with E-state index in [0.29, 0.717) is 27.8 Å². The van der Waals surface area contributed by atoms with Crippen LogP contribution in [-0.4, -0.2) is 32.6 Å². The number of aromatic amines is 1. The second kappa shape index (κ2) is 7.37. The smallest absolute Gasteiger partial charge is 0.196 e. The number of imidazole rings is 1. The molecule has 0 atom stereocenters. The average Bonchev–Trinajstić information content (AvgIpc) is 3.08. The van der Waals surface area contributed by atoms with Crippen molar-refractivity contribution in [1.82, 2.24) is 9.97 Å². The number of carbonyl (C=O) groups is 2. The minimum atomic E-state index is -0.113. The summed E-state index contributed by atoms with van der Waals surface area (Å²) >= 11 is 5.10. The molecule has 0 bridgehead atoms. The van der Waals surface area contributed by atoms with E-state index < -0.39 is 0 Å². The second-order valence-corrected chi connectivity index (χ2v) is 8.10. The molecule has 3 aromatic rings. The predicted molar refractivity (Wildman–Crippen MR) is 108 cm³/mol. The number of ketones is 2. The van der Waals surface area contributed by atoms with Crippen molar-refractivity contribution in [3.8, 4) is 0 Å². The first-order valence-corrected chi connectivity index (χ1v) is 10.7. The highest BCUT2D eigenvalue weighted by Gasteiger charge is 2.31. The number of unbranched alkanes of at least 4 members (excludes halogenated alkanes) is 2. The zero-order chi connectivity index (χ0) is 18.1. The molecule has 1 aliphatic rings. The van der Waals surface area contributed by atoms with Gasteiger partial charge in [0.2, 0.25) is 0 Å². The fraction of sp³-hybridized carbons (Fsp3) is 0.250. The predicted octanol–water partition coefficient (Wildman–Crippen LogP) is 5.00. The number of hydrogen-bond donors (Lipinski definition) is 1. The lowest BCUT2D eigenvalue weighted by molar-refractivity contribution is 0.0980. The summed E-state index contributed by atoms with van der Waals surface area (Å²) in [6, 6.07) is 10.5. The molecular formula is C20H17BrN2O2S.